The van der Waals surface area contributed by atoms with Crippen molar-refractivity contribution in [2.75, 3.05) is 33.3 Å². The van der Waals surface area contributed by atoms with Gasteiger partial charge in [0.15, 0.2) is 5.84 Å². The number of rotatable bonds is 11. The van der Waals surface area contributed by atoms with E-state index < -0.39 is 17.9 Å². The molecule has 0 saturated heterocycles. The lowest BCUT2D eigenvalue weighted by atomic mass is 10.1. The van der Waals surface area contributed by atoms with E-state index in [1.54, 1.807) is 42.3 Å². The van der Waals surface area contributed by atoms with Gasteiger partial charge in [-0.05, 0) is 42.7 Å². The van der Waals surface area contributed by atoms with Crippen LogP contribution in [0.2, 0.25) is 10.0 Å². The molecular weight excluding hydrogens is 507 g/mol. The number of hydrogen-bond donors (Lipinski definition) is 3. The zero-order chi connectivity index (χ0) is 26.1. The molecule has 3 N–H and O–H groups in total. The van der Waals surface area contributed by atoms with Gasteiger partial charge in [0.25, 0.3) is 11.8 Å². The Bertz CT molecular complexity index is 1100. The molecular formula is C25H28Cl2N4O5. The fraction of sp³-hybridized carbons (Fsp3) is 0.360. The first-order valence-corrected chi connectivity index (χ1v) is 12.2. The minimum Gasteiger partial charge on any atom is -0.494 e. The molecule has 0 fully saturated rings. The molecule has 0 bridgehead atoms. The molecule has 2 amide bonds. The number of nitrogens with zero attached hydrogens (tertiary/aromatic N) is 2. The Kier molecular flexibility index (Phi) is 9.95. The number of unbranched alkanes of at least 4 members (excludes halogenated alkanes) is 1. The van der Waals surface area contributed by atoms with Gasteiger partial charge in [0.05, 0.1) is 28.8 Å². The Labute approximate surface area is 219 Å². The predicted octanol–water partition coefficient (Wildman–Crippen LogP) is 3.04. The first-order chi connectivity index (χ1) is 17.3. The number of benzene rings is 2. The molecule has 0 spiro atoms. The van der Waals surface area contributed by atoms with Crippen LogP contribution in [0.25, 0.3) is 0 Å². The highest BCUT2D eigenvalue weighted by Crippen LogP contribution is 2.24. The normalized spacial score (nSPS) is 14.1. The van der Waals surface area contributed by atoms with Gasteiger partial charge in [-0.1, -0.05) is 41.4 Å². The Balaban J connectivity index is 1.43. The average Bonchev–Trinajstić information content (AvgIpc) is 2.84. The average molecular weight is 535 g/mol. The lowest BCUT2D eigenvalue weighted by Gasteiger charge is -2.22. The van der Waals surface area contributed by atoms with Crippen molar-refractivity contribution in [1.82, 2.24) is 15.5 Å². The first-order valence-electron chi connectivity index (χ1n) is 11.5. The van der Waals surface area contributed by atoms with Crippen LogP contribution in [0.5, 0.6) is 5.75 Å². The molecule has 1 aliphatic heterocycles. The number of hydrogen-bond acceptors (Lipinski definition) is 6. The molecule has 9 nitrogen and oxygen atoms in total. The maximum absolute atomic E-state index is 12.6. The van der Waals surface area contributed by atoms with Crippen LogP contribution < -0.4 is 15.4 Å². The number of carbonyl (C=O) groups excluding carboxylic acids is 2. The van der Waals surface area contributed by atoms with Gasteiger partial charge in [-0.2, -0.15) is 0 Å². The van der Waals surface area contributed by atoms with Gasteiger partial charge in [0.2, 0.25) is 0 Å². The molecule has 2 aromatic rings. The van der Waals surface area contributed by atoms with E-state index in [1.165, 1.54) is 12.1 Å². The van der Waals surface area contributed by atoms with Crippen molar-refractivity contribution in [2.24, 2.45) is 4.99 Å². The second-order valence-electron chi connectivity index (χ2n) is 8.25. The highest BCUT2D eigenvalue weighted by atomic mass is 35.5. The molecule has 3 rings (SSSR count). The number of amides is 2. The summed E-state index contributed by atoms with van der Waals surface area (Å²) in [5.74, 6) is -0.854. The third-order valence-electron chi connectivity index (χ3n) is 5.54. The number of halogens is 2. The lowest BCUT2D eigenvalue weighted by molar-refractivity contribution is -0.139. The predicted molar refractivity (Wildman–Crippen MR) is 138 cm³/mol. The molecule has 0 radical (unpaired) electrons. The Morgan fingerprint density at radius 2 is 1.83 bits per heavy atom. The first kappa shape index (κ1) is 27.3. The maximum atomic E-state index is 12.6. The van der Waals surface area contributed by atoms with E-state index in [0.29, 0.717) is 43.4 Å². The van der Waals surface area contributed by atoms with E-state index >= 15 is 0 Å². The Morgan fingerprint density at radius 3 is 2.50 bits per heavy atom. The summed E-state index contributed by atoms with van der Waals surface area (Å²) >= 11 is 12.1. The van der Waals surface area contributed by atoms with E-state index in [4.69, 9.17) is 27.9 Å². The van der Waals surface area contributed by atoms with E-state index in [1.807, 2.05) is 0 Å². The SMILES string of the molecule is CN1CCN=C(NCCCCOc2ccc(CC(NC(=O)c3c(Cl)cccc3Cl)C(=O)O)cc2)C1=O. The van der Waals surface area contributed by atoms with Crippen molar-refractivity contribution in [1.29, 1.82) is 0 Å². The van der Waals surface area contributed by atoms with Crippen LogP contribution in [-0.4, -0.2) is 73.0 Å². The largest absolute Gasteiger partial charge is 0.494 e. The molecule has 1 aliphatic rings. The third-order valence-corrected chi connectivity index (χ3v) is 6.17. The van der Waals surface area contributed by atoms with Gasteiger partial charge in [-0.25, -0.2) is 4.79 Å². The summed E-state index contributed by atoms with van der Waals surface area (Å²) in [4.78, 5) is 42.1. The number of aliphatic carboxylic acids is 1. The van der Waals surface area contributed by atoms with E-state index in [-0.39, 0.29) is 27.9 Å². The standard InChI is InChI=1S/C25H28Cl2N4O5/c1-31-13-12-29-22(24(31)33)28-11-2-3-14-36-17-9-7-16(8-10-17)15-20(25(34)35)30-23(32)21-18(26)5-4-6-19(21)27/h4-10,20H,2-3,11-15H2,1H3,(H,28,29)(H,30,32)(H,34,35). The fourth-order valence-electron chi connectivity index (χ4n) is 3.52. The summed E-state index contributed by atoms with van der Waals surface area (Å²) in [5, 5.41) is 15.4. The molecule has 0 aliphatic carbocycles. The van der Waals surface area contributed by atoms with Crippen molar-refractivity contribution < 1.29 is 24.2 Å². The monoisotopic (exact) mass is 534 g/mol. The fourth-order valence-corrected chi connectivity index (χ4v) is 4.09. The molecule has 11 heteroatoms. The third kappa shape index (κ3) is 7.60. The number of amidine groups is 1. The molecule has 1 heterocycles. The van der Waals surface area contributed by atoms with Crippen LogP contribution in [0, 0.1) is 0 Å². The maximum Gasteiger partial charge on any atom is 0.326 e. The second kappa shape index (κ2) is 13.1. The molecule has 0 aromatic heterocycles. The van der Waals surface area contributed by atoms with Crippen molar-refractivity contribution in [3.63, 3.8) is 0 Å². The number of likely N-dealkylation sites (N-methyl/N-ethyl adjacent to an activating group) is 1. The van der Waals surface area contributed by atoms with Crippen molar-refractivity contribution in [2.45, 2.75) is 25.3 Å². The van der Waals surface area contributed by atoms with Gasteiger partial charge >= 0.3 is 5.97 Å². The van der Waals surface area contributed by atoms with Gasteiger partial charge in [-0.3, -0.25) is 14.6 Å². The molecule has 192 valence electrons. The summed E-state index contributed by atoms with van der Waals surface area (Å²) in [5.41, 5.74) is 0.754. The molecule has 2 aromatic carbocycles. The minimum atomic E-state index is -1.17. The highest BCUT2D eigenvalue weighted by molar-refractivity contribution is 6.39. The summed E-state index contributed by atoms with van der Waals surface area (Å²) in [6, 6.07) is 10.5. The van der Waals surface area contributed by atoms with Crippen molar-refractivity contribution in [3.8, 4) is 5.75 Å². The number of carbonyl (C=O) groups is 3. The molecule has 1 unspecified atom stereocenters. The molecule has 36 heavy (non-hydrogen) atoms. The van der Waals surface area contributed by atoms with Crippen LogP contribution in [-0.2, 0) is 16.0 Å². The van der Waals surface area contributed by atoms with E-state index in [2.05, 4.69) is 15.6 Å². The van der Waals surface area contributed by atoms with Crippen LogP contribution in [0.15, 0.2) is 47.5 Å². The summed E-state index contributed by atoms with van der Waals surface area (Å²) in [6.45, 7) is 2.37. The summed E-state index contributed by atoms with van der Waals surface area (Å²) in [7, 11) is 1.76. The molecule has 0 saturated carbocycles. The summed E-state index contributed by atoms with van der Waals surface area (Å²) < 4.78 is 5.74. The van der Waals surface area contributed by atoms with Gasteiger partial charge in [-0.15, -0.1) is 0 Å². The van der Waals surface area contributed by atoms with Crippen molar-refractivity contribution >= 4 is 46.8 Å². The van der Waals surface area contributed by atoms with Gasteiger partial charge in [0.1, 0.15) is 11.8 Å². The topological polar surface area (TPSA) is 120 Å². The number of carboxylic acid groups (broad SMARTS) is 1. The van der Waals surface area contributed by atoms with E-state index in [9.17, 15) is 19.5 Å². The van der Waals surface area contributed by atoms with Crippen molar-refractivity contribution in [3.05, 3.63) is 63.6 Å². The number of nitrogens with one attached hydrogen (secondary N) is 2. The zero-order valence-corrected chi connectivity index (χ0v) is 21.3. The van der Waals surface area contributed by atoms with Crippen LogP contribution in [0.4, 0.5) is 0 Å². The Hall–Kier alpha value is -3.30. The molecule has 1 atom stereocenters. The number of aliphatic imine (C=N–C) groups is 1. The second-order valence-corrected chi connectivity index (χ2v) is 9.06. The lowest BCUT2D eigenvalue weighted by Crippen LogP contribution is -2.46. The minimum absolute atomic E-state index is 0.0386. The van der Waals surface area contributed by atoms with Crippen LogP contribution in [0.3, 0.4) is 0 Å². The number of carboxylic acids is 1. The highest BCUT2D eigenvalue weighted by Gasteiger charge is 2.24. The Morgan fingerprint density at radius 1 is 1.14 bits per heavy atom. The van der Waals surface area contributed by atoms with E-state index in [0.717, 1.165) is 12.8 Å². The smallest absolute Gasteiger partial charge is 0.326 e. The van der Waals surface area contributed by atoms with Crippen LogP contribution in [0.1, 0.15) is 28.8 Å². The van der Waals surface area contributed by atoms with Gasteiger partial charge in [0, 0.05) is 26.6 Å². The number of ether oxygens (including phenoxy) is 1. The zero-order valence-electron chi connectivity index (χ0n) is 19.8. The van der Waals surface area contributed by atoms with Gasteiger partial charge < -0.3 is 25.4 Å². The summed E-state index contributed by atoms with van der Waals surface area (Å²) in [6.07, 6.45) is 1.67. The van der Waals surface area contributed by atoms with Crippen LogP contribution >= 0.6 is 23.2 Å². The quantitative estimate of drug-likeness (QED) is 0.381.